The van der Waals surface area contributed by atoms with Gasteiger partial charge in [-0.3, -0.25) is 19.2 Å². The average Bonchev–Trinajstić information content (AvgIpc) is 3.75. The standard InChI is InChI=1S/C9H18O2.C8H17NO.C8H14O2.2C8H18.C7H17NO.C7H14O.C7H14S/c1-7(2)9(8(3)4)10-5-6-11-9;1-6(2)8(7(3)4)9(5)10;1-5(2)7(9)8(10)6(3)4;2*1-6(2)8(5)7(3)4;1-6(2)8(5)9-7(3)4;2*1-5(2)7(8)6(3)4/h7-8H,5-6H2,1-4H3;6-7H,1-5H3;5-6H,1-4H3;2*6-8H,1-5H3;6-7H,1-5H3;2*5-6H,1-4H3. The molecule has 0 aromatic heterocycles. The van der Waals surface area contributed by atoms with Crippen LogP contribution in [0.1, 0.15) is 235 Å². The maximum atomic E-state index is 10.9. The van der Waals surface area contributed by atoms with E-state index in [1.807, 2.05) is 81.3 Å². The first-order chi connectivity index (χ1) is 32.3. The van der Waals surface area contributed by atoms with E-state index in [2.05, 4.69) is 138 Å². The van der Waals surface area contributed by atoms with Gasteiger partial charge < -0.3 is 14.7 Å². The number of thiocarbonyl (C=S) groups is 1. The maximum absolute atomic E-state index is 10.9. The zero-order chi connectivity index (χ0) is 59.5. The molecule has 0 aromatic carbocycles. The van der Waals surface area contributed by atoms with Crippen LogP contribution in [0.15, 0.2) is 0 Å². The molecule has 0 aliphatic carbocycles. The zero-order valence-electron chi connectivity index (χ0n) is 55.0. The largest absolute Gasteiger partial charge is 0.624 e. The first-order valence-electron chi connectivity index (χ1n) is 28.4. The predicted molar refractivity (Wildman–Crippen MR) is 322 cm³/mol. The van der Waals surface area contributed by atoms with Gasteiger partial charge in [-0.05, 0) is 79.9 Å². The fourth-order valence-electron chi connectivity index (χ4n) is 7.07. The first-order valence-corrected chi connectivity index (χ1v) is 28.8. The fraction of sp³-hybridized carbons (Fsp3) is 0.919. The normalized spacial score (nSPS) is 13.1. The molecule has 9 nitrogen and oxygen atoms in total. The van der Waals surface area contributed by atoms with Gasteiger partial charge in [-0.2, -0.15) is 5.06 Å². The van der Waals surface area contributed by atoms with Gasteiger partial charge in [0, 0.05) is 60.4 Å². The van der Waals surface area contributed by atoms with Crippen LogP contribution in [-0.4, -0.2) is 83.0 Å². The molecule has 1 heterocycles. The lowest BCUT2D eigenvalue weighted by Crippen LogP contribution is -2.41. The van der Waals surface area contributed by atoms with E-state index in [0.717, 1.165) is 59.2 Å². The van der Waals surface area contributed by atoms with E-state index in [4.69, 9.17) is 26.5 Å². The number of nitrogens with zero attached hydrogens (tertiary/aromatic N) is 2. The van der Waals surface area contributed by atoms with Gasteiger partial charge in [-0.25, -0.2) is 4.74 Å². The summed E-state index contributed by atoms with van der Waals surface area (Å²) in [5.74, 6) is 7.49. The molecular formula is C62H130N2O7S. The van der Waals surface area contributed by atoms with Crippen molar-refractivity contribution in [1.82, 2.24) is 5.06 Å². The number of hydrogen-bond donors (Lipinski definition) is 0. The van der Waals surface area contributed by atoms with Crippen LogP contribution in [0.3, 0.4) is 0 Å². The van der Waals surface area contributed by atoms with Gasteiger partial charge in [-0.1, -0.05) is 220 Å². The number of hydroxylamine groups is 3. The summed E-state index contributed by atoms with van der Waals surface area (Å²) in [6, 6.07) is 0.465. The minimum atomic E-state index is -0.306. The van der Waals surface area contributed by atoms with Crippen LogP contribution >= 0.6 is 12.2 Å². The molecule has 0 radical (unpaired) electrons. The van der Waals surface area contributed by atoms with E-state index in [-0.39, 0.29) is 47.1 Å². The molecule has 0 saturated carbocycles. The van der Waals surface area contributed by atoms with Gasteiger partial charge in [-0.15, -0.1) is 0 Å². The molecule has 72 heavy (non-hydrogen) atoms. The van der Waals surface area contributed by atoms with E-state index in [0.29, 0.717) is 47.3 Å². The molecule has 0 bridgehead atoms. The molecule has 1 saturated heterocycles. The molecule has 10 heteroatoms. The van der Waals surface area contributed by atoms with Crippen LogP contribution < -0.4 is 0 Å². The quantitative estimate of drug-likeness (QED) is 0.0331. The Labute approximate surface area is 457 Å². The van der Waals surface area contributed by atoms with E-state index in [1.165, 1.54) is 4.86 Å². The third kappa shape index (κ3) is 44.7. The van der Waals surface area contributed by atoms with Crippen LogP contribution in [0.4, 0.5) is 0 Å². The van der Waals surface area contributed by atoms with Crippen molar-refractivity contribution < 1.29 is 33.4 Å². The minimum Gasteiger partial charge on any atom is -0.624 e. The number of rotatable bonds is 18. The fourth-order valence-corrected chi connectivity index (χ4v) is 7.07. The lowest BCUT2D eigenvalue weighted by Gasteiger charge is -2.35. The number of carbonyl (C=O) groups excluding carboxylic acids is 3. The monoisotopic (exact) mass is 1050 g/mol. The maximum Gasteiger partial charge on any atom is 0.201 e. The van der Waals surface area contributed by atoms with Gasteiger partial charge in [0.05, 0.1) is 19.3 Å². The SMILES string of the molecule is CC(C)C(=O)C(=O)C(C)C.CC(C)C(=O)C(C)C.CC(C)C(=S)C(C)C.CC(C)C(C(C)C)=[N+](C)[O-].CC(C)C(C)C(C)C.CC(C)C(C)C(C)C.CC(C)C1(C(C)C)OCCO1.CC(C)ON(C)C(C)C. The molecule has 0 N–H and O–H groups in total. The molecule has 0 atom stereocenters. The summed E-state index contributed by atoms with van der Waals surface area (Å²) in [5.41, 5.74) is 0.972. The molecule has 0 spiro atoms. The Bertz CT molecular complexity index is 1250. The number of ketones is 3. The van der Waals surface area contributed by atoms with Crippen molar-refractivity contribution in [1.29, 1.82) is 0 Å². The van der Waals surface area contributed by atoms with Crippen molar-refractivity contribution in [2.75, 3.05) is 27.3 Å². The van der Waals surface area contributed by atoms with Crippen molar-refractivity contribution in [3.63, 3.8) is 0 Å². The lowest BCUT2D eigenvalue weighted by atomic mass is 9.88. The summed E-state index contributed by atoms with van der Waals surface area (Å²) in [4.78, 5) is 39.2. The highest BCUT2D eigenvalue weighted by Gasteiger charge is 2.42. The summed E-state index contributed by atoms with van der Waals surface area (Å²) < 4.78 is 12.3. The second-order valence-corrected chi connectivity index (χ2v) is 25.4. The minimum absolute atomic E-state index is 0.157. The van der Waals surface area contributed by atoms with Crippen molar-refractivity contribution in [3.05, 3.63) is 5.21 Å². The molecular weight excluding hydrogens is 917 g/mol. The Hall–Kier alpha value is -1.59. The third-order valence-electron chi connectivity index (χ3n) is 12.8. The molecule has 436 valence electrons. The van der Waals surface area contributed by atoms with E-state index in [1.54, 1.807) is 34.7 Å². The van der Waals surface area contributed by atoms with Crippen molar-refractivity contribution in [2.45, 2.75) is 253 Å². The number of hydrogen-bond acceptors (Lipinski definition) is 9. The van der Waals surface area contributed by atoms with Gasteiger partial charge in [0.2, 0.25) is 11.6 Å². The summed E-state index contributed by atoms with van der Waals surface area (Å²) in [5, 5.41) is 12.8. The number of carbonyl (C=O) groups is 3. The van der Waals surface area contributed by atoms with E-state index in [9.17, 15) is 19.6 Å². The number of Topliss-reactive ketones (excluding diaryl/α,β-unsaturated/α-hetero) is 3. The molecule has 0 unspecified atom stereocenters. The molecule has 1 aliphatic rings. The zero-order valence-corrected chi connectivity index (χ0v) is 55.8. The topological polar surface area (TPSA) is 108 Å². The van der Waals surface area contributed by atoms with Crippen LogP contribution in [0, 0.1) is 99.9 Å². The Kier molecular flexibility index (Phi) is 53.4. The predicted octanol–water partition coefficient (Wildman–Crippen LogP) is 17.4. The van der Waals surface area contributed by atoms with Crippen molar-refractivity contribution >= 4 is 40.1 Å². The second kappa shape index (κ2) is 45.6. The van der Waals surface area contributed by atoms with Crippen LogP contribution in [-0.2, 0) is 28.7 Å². The Morgan fingerprint density at radius 3 is 0.792 bits per heavy atom. The molecule has 1 rings (SSSR count). The molecule has 0 aromatic rings. The highest BCUT2D eigenvalue weighted by Crippen LogP contribution is 2.35. The highest BCUT2D eigenvalue weighted by molar-refractivity contribution is 7.80. The lowest BCUT2D eigenvalue weighted by molar-refractivity contribution is -0.428. The average molecular weight is 1050 g/mol. The highest BCUT2D eigenvalue weighted by atomic mass is 32.1. The first kappa shape index (κ1) is 84.4. The summed E-state index contributed by atoms with van der Waals surface area (Å²) in [6.45, 7) is 72.6. The molecule has 1 fully saturated rings. The summed E-state index contributed by atoms with van der Waals surface area (Å²) in [6.07, 6.45) is 0.289. The second-order valence-electron chi connectivity index (χ2n) is 24.9. The number of ether oxygens (including phenoxy) is 2. The Morgan fingerprint density at radius 2 is 0.736 bits per heavy atom. The summed E-state index contributed by atoms with van der Waals surface area (Å²) in [7, 11) is 3.51. The molecule has 0 amide bonds. The van der Waals surface area contributed by atoms with Gasteiger partial charge in [0.1, 0.15) is 12.8 Å². The Balaban J connectivity index is -0.000000135. The van der Waals surface area contributed by atoms with Gasteiger partial charge in [0.25, 0.3) is 0 Å². The Morgan fingerprint density at radius 1 is 0.472 bits per heavy atom. The van der Waals surface area contributed by atoms with E-state index >= 15 is 0 Å². The summed E-state index contributed by atoms with van der Waals surface area (Å²) >= 11 is 5.10. The van der Waals surface area contributed by atoms with Crippen LogP contribution in [0.5, 0.6) is 0 Å². The van der Waals surface area contributed by atoms with Crippen molar-refractivity contribution in [2.24, 2.45) is 94.7 Å². The van der Waals surface area contributed by atoms with Gasteiger partial charge in [0.15, 0.2) is 11.5 Å². The van der Waals surface area contributed by atoms with Crippen molar-refractivity contribution in [3.8, 4) is 0 Å². The third-order valence-corrected chi connectivity index (χ3v) is 13.7. The smallest absolute Gasteiger partial charge is 0.201 e. The van der Waals surface area contributed by atoms with Crippen LogP contribution in [0.2, 0.25) is 0 Å². The van der Waals surface area contributed by atoms with Crippen LogP contribution in [0.25, 0.3) is 0 Å². The van der Waals surface area contributed by atoms with Gasteiger partial charge >= 0.3 is 0 Å². The molecule has 1 aliphatic heterocycles. The van der Waals surface area contributed by atoms with E-state index < -0.39 is 0 Å².